The highest BCUT2D eigenvalue weighted by atomic mass is 32.2. The van der Waals surface area contributed by atoms with Crippen LogP contribution in [-0.4, -0.2) is 24.6 Å². The summed E-state index contributed by atoms with van der Waals surface area (Å²) < 4.78 is 27.9. The van der Waals surface area contributed by atoms with Gasteiger partial charge in [0, 0.05) is 13.0 Å². The molecule has 28 heavy (non-hydrogen) atoms. The summed E-state index contributed by atoms with van der Waals surface area (Å²) in [4.78, 5) is 17.5. The highest BCUT2D eigenvalue weighted by molar-refractivity contribution is 7.91. The number of aryl methyl sites for hydroxylation is 2. The predicted octanol–water partition coefficient (Wildman–Crippen LogP) is 3.97. The average Bonchev–Trinajstić information content (AvgIpc) is 3.03. The van der Waals surface area contributed by atoms with E-state index in [1.54, 1.807) is 30.3 Å². The Balaban J connectivity index is 1.87. The molecule has 1 heterocycles. The molecule has 0 N–H and O–H groups in total. The van der Waals surface area contributed by atoms with E-state index in [-0.39, 0.29) is 17.1 Å². The Kier molecular flexibility index (Phi) is 6.46. The number of hydrogen-bond acceptors (Lipinski definition) is 4. The molecular weight excluding hydrogens is 392 g/mol. The summed E-state index contributed by atoms with van der Waals surface area (Å²) in [5, 5.41) is 0. The Labute approximate surface area is 169 Å². The highest BCUT2D eigenvalue weighted by Crippen LogP contribution is 2.20. The first-order chi connectivity index (χ1) is 13.4. The molecule has 2 aromatic carbocycles. The first-order valence-corrected chi connectivity index (χ1v) is 11.9. The Bertz CT molecular complexity index is 1140. The lowest BCUT2D eigenvalue weighted by molar-refractivity contribution is -0.117. The van der Waals surface area contributed by atoms with E-state index in [4.69, 9.17) is 0 Å². The van der Waals surface area contributed by atoms with Gasteiger partial charge in [-0.25, -0.2) is 8.42 Å². The van der Waals surface area contributed by atoms with Gasteiger partial charge in [0.1, 0.15) is 0 Å². The van der Waals surface area contributed by atoms with E-state index in [9.17, 15) is 13.2 Å². The van der Waals surface area contributed by atoms with Crippen LogP contribution in [0.1, 0.15) is 32.3 Å². The standard InChI is InChI=1S/C21H24N2O3S2/c1-3-13-23-18-11-10-16(4-2)15-19(18)27-21(23)22-20(24)12-14-28(25,26)17-8-6-5-7-9-17/h5-11,15H,3-4,12-14H2,1-2H3. The van der Waals surface area contributed by atoms with Crippen molar-refractivity contribution >= 4 is 37.3 Å². The molecule has 0 unspecified atom stereocenters. The number of nitrogens with zero attached hydrogens (tertiary/aromatic N) is 2. The largest absolute Gasteiger partial charge is 0.316 e. The normalized spacial score (nSPS) is 12.6. The second-order valence-corrected chi connectivity index (χ2v) is 9.70. The maximum absolute atomic E-state index is 12.4. The van der Waals surface area contributed by atoms with E-state index in [0.717, 1.165) is 29.6 Å². The molecular formula is C21H24N2O3S2. The third-order valence-corrected chi connectivity index (χ3v) is 7.28. The first-order valence-electron chi connectivity index (χ1n) is 9.42. The summed E-state index contributed by atoms with van der Waals surface area (Å²) in [5.41, 5.74) is 2.30. The lowest BCUT2D eigenvalue weighted by Crippen LogP contribution is -2.18. The van der Waals surface area contributed by atoms with Crippen molar-refractivity contribution < 1.29 is 13.2 Å². The van der Waals surface area contributed by atoms with Crippen LogP contribution in [-0.2, 0) is 27.6 Å². The van der Waals surface area contributed by atoms with Crippen molar-refractivity contribution in [3.8, 4) is 0 Å². The SMILES string of the molecule is CCCn1c(=NC(=O)CCS(=O)(=O)c2ccccc2)sc2cc(CC)ccc21. The van der Waals surface area contributed by atoms with Crippen LogP contribution in [0.15, 0.2) is 58.4 Å². The molecule has 7 heteroatoms. The molecule has 0 aliphatic rings. The maximum Gasteiger partial charge on any atom is 0.249 e. The highest BCUT2D eigenvalue weighted by Gasteiger charge is 2.16. The van der Waals surface area contributed by atoms with Gasteiger partial charge in [-0.15, -0.1) is 0 Å². The van der Waals surface area contributed by atoms with Gasteiger partial charge in [0.2, 0.25) is 5.91 Å². The summed E-state index contributed by atoms with van der Waals surface area (Å²) in [6.45, 7) is 4.95. The van der Waals surface area contributed by atoms with E-state index in [0.29, 0.717) is 4.80 Å². The van der Waals surface area contributed by atoms with Gasteiger partial charge in [-0.3, -0.25) is 4.79 Å². The van der Waals surface area contributed by atoms with Crippen molar-refractivity contribution in [2.75, 3.05) is 5.75 Å². The fourth-order valence-electron chi connectivity index (χ4n) is 2.99. The molecule has 0 fully saturated rings. The van der Waals surface area contributed by atoms with Crippen molar-refractivity contribution in [2.45, 2.75) is 44.6 Å². The van der Waals surface area contributed by atoms with Crippen molar-refractivity contribution in [3.63, 3.8) is 0 Å². The van der Waals surface area contributed by atoms with Gasteiger partial charge >= 0.3 is 0 Å². The molecule has 0 spiro atoms. The monoisotopic (exact) mass is 416 g/mol. The number of thiazole rings is 1. The van der Waals surface area contributed by atoms with Crippen molar-refractivity contribution in [1.82, 2.24) is 4.57 Å². The van der Waals surface area contributed by atoms with Crippen LogP contribution in [0.25, 0.3) is 10.2 Å². The van der Waals surface area contributed by atoms with E-state index in [1.807, 2.05) is 4.57 Å². The fraction of sp³-hybridized carbons (Fsp3) is 0.333. The van der Waals surface area contributed by atoms with Gasteiger partial charge in [-0.2, -0.15) is 4.99 Å². The van der Waals surface area contributed by atoms with Gasteiger partial charge in [-0.1, -0.05) is 49.4 Å². The minimum Gasteiger partial charge on any atom is -0.316 e. The van der Waals surface area contributed by atoms with E-state index in [2.05, 4.69) is 37.0 Å². The number of fused-ring (bicyclic) bond motifs is 1. The van der Waals surface area contributed by atoms with Crippen LogP contribution in [0, 0.1) is 0 Å². The quantitative estimate of drug-likeness (QED) is 0.585. The molecule has 0 saturated carbocycles. The summed E-state index contributed by atoms with van der Waals surface area (Å²) in [6.07, 6.45) is 1.74. The zero-order chi connectivity index (χ0) is 20.1. The first kappa shape index (κ1) is 20.5. The van der Waals surface area contributed by atoms with Crippen molar-refractivity contribution in [3.05, 3.63) is 58.9 Å². The number of rotatable bonds is 7. The molecule has 0 saturated heterocycles. The molecule has 0 atom stereocenters. The van der Waals surface area contributed by atoms with Crippen LogP contribution in [0.5, 0.6) is 0 Å². The summed E-state index contributed by atoms with van der Waals surface area (Å²) in [6, 6.07) is 14.5. The smallest absolute Gasteiger partial charge is 0.249 e. The number of hydrogen-bond donors (Lipinski definition) is 0. The third kappa shape index (κ3) is 4.59. The summed E-state index contributed by atoms with van der Waals surface area (Å²) in [5.74, 6) is -0.649. The molecule has 148 valence electrons. The summed E-state index contributed by atoms with van der Waals surface area (Å²) in [7, 11) is -3.49. The second kappa shape index (κ2) is 8.84. The molecule has 1 aromatic heterocycles. The van der Waals surface area contributed by atoms with Crippen LogP contribution >= 0.6 is 11.3 Å². The number of sulfone groups is 1. The van der Waals surface area contributed by atoms with Gasteiger partial charge in [0.05, 0.1) is 20.9 Å². The molecule has 0 radical (unpaired) electrons. The maximum atomic E-state index is 12.4. The minimum absolute atomic E-state index is 0.127. The molecule has 3 aromatic rings. The Morgan fingerprint density at radius 2 is 1.86 bits per heavy atom. The summed E-state index contributed by atoms with van der Waals surface area (Å²) >= 11 is 1.48. The number of amides is 1. The Morgan fingerprint density at radius 3 is 2.54 bits per heavy atom. The molecule has 5 nitrogen and oxygen atoms in total. The lowest BCUT2D eigenvalue weighted by atomic mass is 10.2. The van der Waals surface area contributed by atoms with Crippen LogP contribution in [0.4, 0.5) is 0 Å². The molecule has 3 rings (SSSR count). The van der Waals surface area contributed by atoms with Gasteiger partial charge in [0.25, 0.3) is 0 Å². The van der Waals surface area contributed by atoms with E-state index in [1.165, 1.54) is 16.9 Å². The Hall–Kier alpha value is -2.25. The Morgan fingerprint density at radius 1 is 1.11 bits per heavy atom. The average molecular weight is 417 g/mol. The molecule has 0 bridgehead atoms. The van der Waals surface area contributed by atoms with Crippen molar-refractivity contribution in [2.24, 2.45) is 4.99 Å². The van der Waals surface area contributed by atoms with Crippen molar-refractivity contribution in [1.29, 1.82) is 0 Å². The third-order valence-electron chi connectivity index (χ3n) is 4.51. The molecule has 0 aliphatic heterocycles. The van der Waals surface area contributed by atoms with E-state index >= 15 is 0 Å². The predicted molar refractivity (Wildman–Crippen MR) is 113 cm³/mol. The number of aromatic nitrogens is 1. The number of carbonyl (C=O) groups is 1. The second-order valence-electron chi connectivity index (χ2n) is 6.58. The van der Waals surface area contributed by atoms with Crippen LogP contribution in [0.3, 0.4) is 0 Å². The van der Waals surface area contributed by atoms with Gasteiger partial charge < -0.3 is 4.57 Å². The number of benzene rings is 2. The topological polar surface area (TPSA) is 68.5 Å². The van der Waals surface area contributed by atoms with Crippen LogP contribution < -0.4 is 4.80 Å². The lowest BCUT2D eigenvalue weighted by Gasteiger charge is -2.04. The van der Waals surface area contributed by atoms with E-state index < -0.39 is 15.7 Å². The molecule has 0 aliphatic carbocycles. The van der Waals surface area contributed by atoms with Crippen LogP contribution in [0.2, 0.25) is 0 Å². The zero-order valence-corrected chi connectivity index (χ0v) is 17.7. The fourth-order valence-corrected chi connectivity index (χ4v) is 5.38. The van der Waals surface area contributed by atoms with Gasteiger partial charge in [-0.05, 0) is 42.7 Å². The number of carbonyl (C=O) groups excluding carboxylic acids is 1. The molecule has 1 amide bonds. The van der Waals surface area contributed by atoms with Gasteiger partial charge in [0.15, 0.2) is 14.6 Å². The minimum atomic E-state index is -3.49. The zero-order valence-electron chi connectivity index (χ0n) is 16.1.